The van der Waals surface area contributed by atoms with Gasteiger partial charge in [-0.25, -0.2) is 14.5 Å². The van der Waals surface area contributed by atoms with Crippen LogP contribution in [0.25, 0.3) is 17.1 Å². The largest absolute Gasteiger partial charge is 0.573 e. The number of nitriles is 1. The number of hydrogen-bond donors (Lipinski definition) is 1. The number of amides is 3. The predicted molar refractivity (Wildman–Crippen MR) is 165 cm³/mol. The Kier molecular flexibility index (Phi) is 9.28. The van der Waals surface area contributed by atoms with Gasteiger partial charge in [0.2, 0.25) is 5.91 Å². The van der Waals surface area contributed by atoms with Crippen LogP contribution in [-0.4, -0.2) is 51.1 Å². The van der Waals surface area contributed by atoms with Gasteiger partial charge in [0.1, 0.15) is 23.9 Å². The van der Waals surface area contributed by atoms with E-state index in [1.807, 2.05) is 26.0 Å². The summed E-state index contributed by atoms with van der Waals surface area (Å²) < 4.78 is 47.9. The number of ether oxygens (including phenoxy) is 2. The molecule has 3 aromatic carbocycles. The fourth-order valence-corrected chi connectivity index (χ4v) is 5.44. The van der Waals surface area contributed by atoms with E-state index in [-0.39, 0.29) is 28.5 Å². The zero-order chi connectivity index (χ0) is 33.0. The van der Waals surface area contributed by atoms with Gasteiger partial charge < -0.3 is 14.8 Å². The first-order valence-electron chi connectivity index (χ1n) is 13.8. The number of hydrogen-bond acceptors (Lipinski definition) is 8. The molecule has 1 fully saturated rings. The number of urea groups is 1. The SMILES string of the molecule is COc1ccc(N2C(=O)CSC2=NC(=O)NC(C#N)c2ccc(-c3ncn(-c4ccc(OC(F)(F)F)cc4)n3)cc2)c(C(C)C)c1. The minimum Gasteiger partial charge on any atom is -0.497 e. The number of aromatic nitrogens is 3. The second kappa shape index (κ2) is 13.3. The minimum absolute atomic E-state index is 0.0572. The number of carbonyl (C=O) groups excluding carboxylic acids is 2. The van der Waals surface area contributed by atoms with Crippen LogP contribution in [0.3, 0.4) is 0 Å². The van der Waals surface area contributed by atoms with E-state index >= 15 is 0 Å². The van der Waals surface area contributed by atoms with Crippen LogP contribution in [0.1, 0.15) is 36.9 Å². The van der Waals surface area contributed by atoms with E-state index in [1.54, 1.807) is 43.5 Å². The number of rotatable bonds is 8. The van der Waals surface area contributed by atoms with Crippen LogP contribution in [0, 0.1) is 11.3 Å². The van der Waals surface area contributed by atoms with Gasteiger partial charge >= 0.3 is 12.4 Å². The maximum absolute atomic E-state index is 13.0. The average molecular weight is 650 g/mol. The molecule has 11 nitrogen and oxygen atoms in total. The van der Waals surface area contributed by atoms with E-state index in [9.17, 15) is 28.0 Å². The molecule has 1 aliphatic rings. The first-order chi connectivity index (χ1) is 22.0. The van der Waals surface area contributed by atoms with E-state index < -0.39 is 18.4 Å². The third kappa shape index (κ3) is 7.29. The van der Waals surface area contributed by atoms with Crippen molar-refractivity contribution in [1.82, 2.24) is 20.1 Å². The molecule has 1 atom stereocenters. The van der Waals surface area contributed by atoms with Gasteiger partial charge in [-0.15, -0.1) is 18.3 Å². The van der Waals surface area contributed by atoms with Gasteiger partial charge in [-0.05, 0) is 59.5 Å². The fourth-order valence-electron chi connectivity index (χ4n) is 4.59. The Balaban J connectivity index is 1.28. The number of aliphatic imine (C=N–C) groups is 1. The van der Waals surface area contributed by atoms with E-state index in [4.69, 9.17) is 4.74 Å². The maximum Gasteiger partial charge on any atom is 0.573 e. The molecule has 1 saturated heterocycles. The second-order valence-electron chi connectivity index (χ2n) is 10.2. The number of amidine groups is 1. The Morgan fingerprint density at radius 2 is 1.78 bits per heavy atom. The summed E-state index contributed by atoms with van der Waals surface area (Å²) in [5.74, 6) is 0.557. The Bertz CT molecular complexity index is 1820. The molecule has 0 saturated carbocycles. The van der Waals surface area contributed by atoms with E-state index in [1.165, 1.54) is 40.2 Å². The molecule has 4 aromatic rings. The van der Waals surface area contributed by atoms with E-state index in [0.29, 0.717) is 34.1 Å². The van der Waals surface area contributed by atoms with Gasteiger partial charge in [-0.3, -0.25) is 9.69 Å². The molecule has 3 amide bonds. The van der Waals surface area contributed by atoms with Gasteiger partial charge in [-0.2, -0.15) is 10.3 Å². The van der Waals surface area contributed by atoms with Crippen LogP contribution < -0.4 is 19.7 Å². The lowest BCUT2D eigenvalue weighted by atomic mass is 10.00. The van der Waals surface area contributed by atoms with Crippen LogP contribution in [0.5, 0.6) is 11.5 Å². The summed E-state index contributed by atoms with van der Waals surface area (Å²) in [6, 6.07) is 17.3. The molecule has 2 heterocycles. The first kappa shape index (κ1) is 32.0. The van der Waals surface area contributed by atoms with Crippen LogP contribution in [-0.2, 0) is 4.79 Å². The summed E-state index contributed by atoms with van der Waals surface area (Å²) in [5.41, 5.74) is 3.00. The molecule has 0 spiro atoms. The number of thioether (sulfide) groups is 1. The lowest BCUT2D eigenvalue weighted by Crippen LogP contribution is -2.33. The number of carbonyl (C=O) groups is 2. The Labute approximate surface area is 265 Å². The molecule has 0 radical (unpaired) electrons. The quantitative estimate of drug-likeness (QED) is 0.233. The highest BCUT2D eigenvalue weighted by atomic mass is 32.2. The summed E-state index contributed by atoms with van der Waals surface area (Å²) in [5, 5.41) is 17.0. The maximum atomic E-state index is 13.0. The molecular formula is C31H26F3N7O4S. The zero-order valence-electron chi connectivity index (χ0n) is 24.6. The molecule has 0 aliphatic carbocycles. The molecule has 1 aliphatic heterocycles. The molecule has 1 N–H and O–H groups in total. The lowest BCUT2D eigenvalue weighted by Gasteiger charge is -2.22. The topological polar surface area (TPSA) is 135 Å². The number of anilines is 1. The lowest BCUT2D eigenvalue weighted by molar-refractivity contribution is -0.274. The van der Waals surface area contributed by atoms with Crippen molar-refractivity contribution >= 4 is 34.6 Å². The summed E-state index contributed by atoms with van der Waals surface area (Å²) in [4.78, 5) is 35.6. The Morgan fingerprint density at radius 1 is 1.09 bits per heavy atom. The molecule has 46 heavy (non-hydrogen) atoms. The fraction of sp³-hybridized carbons (Fsp3) is 0.226. The highest BCUT2D eigenvalue weighted by Crippen LogP contribution is 2.36. The van der Waals surface area contributed by atoms with Crippen molar-refractivity contribution in [2.75, 3.05) is 17.8 Å². The van der Waals surface area contributed by atoms with Crippen LogP contribution in [0.15, 0.2) is 78.0 Å². The first-order valence-corrected chi connectivity index (χ1v) is 14.7. The molecule has 0 bridgehead atoms. The van der Waals surface area contributed by atoms with Crippen molar-refractivity contribution in [3.63, 3.8) is 0 Å². The number of nitrogens with one attached hydrogen (secondary N) is 1. The highest BCUT2D eigenvalue weighted by Gasteiger charge is 2.33. The van der Waals surface area contributed by atoms with Gasteiger partial charge in [0, 0.05) is 5.56 Å². The number of benzene rings is 3. The monoisotopic (exact) mass is 649 g/mol. The molecule has 1 unspecified atom stereocenters. The standard InChI is InChI=1S/C31H26F3N7O4S/c1-18(2)24-14-23(44-3)12-13-26(24)41-27(42)16-46-30(41)38-29(43)37-25(15-35)19-4-6-20(7-5-19)28-36-17-40(39-28)21-8-10-22(11-9-21)45-31(32,33)34/h4-14,17-18,25H,16H2,1-3H3,(H,37,43). The molecular weight excluding hydrogens is 623 g/mol. The number of methoxy groups -OCH3 is 1. The number of halogens is 3. The van der Waals surface area contributed by atoms with Gasteiger partial charge in [0.15, 0.2) is 11.0 Å². The summed E-state index contributed by atoms with van der Waals surface area (Å²) in [6.07, 6.45) is -3.38. The third-order valence-electron chi connectivity index (χ3n) is 6.79. The third-order valence-corrected chi connectivity index (χ3v) is 7.71. The Hall–Kier alpha value is -5.36. The smallest absolute Gasteiger partial charge is 0.497 e. The van der Waals surface area contributed by atoms with Crippen LogP contribution in [0.4, 0.5) is 23.7 Å². The summed E-state index contributed by atoms with van der Waals surface area (Å²) >= 11 is 1.13. The van der Waals surface area contributed by atoms with Crippen molar-refractivity contribution in [3.8, 4) is 34.6 Å². The molecule has 1 aromatic heterocycles. The number of nitrogens with zero attached hydrogens (tertiary/aromatic N) is 6. The van der Waals surface area contributed by atoms with Crippen molar-refractivity contribution < 1.29 is 32.2 Å². The normalized spacial score (nSPS) is 14.8. The van der Waals surface area contributed by atoms with Crippen molar-refractivity contribution in [1.29, 1.82) is 5.26 Å². The molecule has 236 valence electrons. The summed E-state index contributed by atoms with van der Waals surface area (Å²) in [7, 11) is 1.56. The average Bonchev–Trinajstić information content (AvgIpc) is 3.66. The van der Waals surface area contributed by atoms with Gasteiger partial charge in [0.05, 0.1) is 30.3 Å². The minimum atomic E-state index is -4.79. The van der Waals surface area contributed by atoms with Crippen molar-refractivity contribution in [3.05, 3.63) is 84.2 Å². The Morgan fingerprint density at radius 3 is 2.41 bits per heavy atom. The van der Waals surface area contributed by atoms with Gasteiger partial charge in [0.25, 0.3) is 0 Å². The van der Waals surface area contributed by atoms with E-state index in [2.05, 4.69) is 25.1 Å². The molecule has 15 heteroatoms. The second-order valence-corrected chi connectivity index (χ2v) is 11.1. The number of alkyl halides is 3. The van der Waals surface area contributed by atoms with Crippen molar-refractivity contribution in [2.45, 2.75) is 32.2 Å². The summed E-state index contributed by atoms with van der Waals surface area (Å²) in [6.45, 7) is 3.97. The molecule has 5 rings (SSSR count). The van der Waals surface area contributed by atoms with Crippen LogP contribution in [0.2, 0.25) is 0 Å². The predicted octanol–water partition coefficient (Wildman–Crippen LogP) is 6.38. The van der Waals surface area contributed by atoms with Crippen LogP contribution >= 0.6 is 11.8 Å². The van der Waals surface area contributed by atoms with Crippen molar-refractivity contribution in [2.24, 2.45) is 4.99 Å². The zero-order valence-corrected chi connectivity index (χ0v) is 25.5. The van der Waals surface area contributed by atoms with E-state index in [0.717, 1.165) is 17.3 Å². The highest BCUT2D eigenvalue weighted by molar-refractivity contribution is 8.15. The van der Waals surface area contributed by atoms with Gasteiger partial charge in [-0.1, -0.05) is 49.9 Å².